The fourth-order valence-electron chi connectivity index (χ4n) is 1.74. The number of nitrogens with zero attached hydrogens (tertiary/aromatic N) is 4. The molecule has 6 nitrogen and oxygen atoms in total. The summed E-state index contributed by atoms with van der Waals surface area (Å²) in [7, 11) is 0. The number of tetrazole rings is 1. The highest BCUT2D eigenvalue weighted by Crippen LogP contribution is 2.27. The predicted octanol–water partition coefficient (Wildman–Crippen LogP) is 0.462. The fraction of sp³-hybridized carbons (Fsp3) is 0.778. The molecular formula is C9H15N5O. The molecule has 1 N–H and O–H groups in total. The van der Waals surface area contributed by atoms with Gasteiger partial charge in [-0.05, 0) is 30.9 Å². The van der Waals surface area contributed by atoms with Crippen LogP contribution < -0.4 is 0 Å². The predicted molar refractivity (Wildman–Crippen MR) is 53.1 cm³/mol. The van der Waals surface area contributed by atoms with Gasteiger partial charge in [-0.3, -0.25) is 4.79 Å². The number of aromatic nitrogens is 4. The Balaban J connectivity index is 1.96. The molecular weight excluding hydrogens is 194 g/mol. The number of carbonyl (C=O) groups is 1. The molecule has 1 aromatic rings. The molecule has 1 amide bonds. The molecule has 1 saturated carbocycles. The molecule has 0 saturated heterocycles. The molecule has 15 heavy (non-hydrogen) atoms. The van der Waals surface area contributed by atoms with Gasteiger partial charge in [0, 0.05) is 13.1 Å². The smallest absolute Gasteiger partial charge is 0.295 e. The molecule has 0 spiro atoms. The molecule has 0 atom stereocenters. The van der Waals surface area contributed by atoms with E-state index in [0.717, 1.165) is 6.54 Å². The minimum atomic E-state index is -0.127. The van der Waals surface area contributed by atoms with Crippen LogP contribution in [0.15, 0.2) is 0 Å². The third-order valence-electron chi connectivity index (χ3n) is 2.91. The van der Waals surface area contributed by atoms with E-state index >= 15 is 0 Å². The summed E-state index contributed by atoms with van der Waals surface area (Å²) < 4.78 is 0. The van der Waals surface area contributed by atoms with Crippen LogP contribution in [0.5, 0.6) is 0 Å². The number of aromatic amines is 1. The van der Waals surface area contributed by atoms with Crippen molar-refractivity contribution in [1.82, 2.24) is 25.5 Å². The zero-order chi connectivity index (χ0) is 10.7. The third-order valence-corrected chi connectivity index (χ3v) is 2.91. The van der Waals surface area contributed by atoms with Gasteiger partial charge in [0.25, 0.3) is 11.7 Å². The topological polar surface area (TPSA) is 74.8 Å². The summed E-state index contributed by atoms with van der Waals surface area (Å²) in [5.74, 6) is 0.704. The Labute approximate surface area is 88.0 Å². The van der Waals surface area contributed by atoms with E-state index in [1.165, 1.54) is 19.3 Å². The summed E-state index contributed by atoms with van der Waals surface area (Å²) in [6.45, 7) is 3.49. The van der Waals surface area contributed by atoms with Crippen molar-refractivity contribution in [3.05, 3.63) is 5.82 Å². The molecule has 0 radical (unpaired) electrons. The van der Waals surface area contributed by atoms with Crippen molar-refractivity contribution in [2.24, 2.45) is 5.92 Å². The zero-order valence-electron chi connectivity index (χ0n) is 8.81. The van der Waals surface area contributed by atoms with Crippen LogP contribution in [0.25, 0.3) is 0 Å². The summed E-state index contributed by atoms with van der Waals surface area (Å²) in [6.07, 6.45) is 3.75. The number of amides is 1. The Bertz CT molecular complexity index is 319. The molecule has 82 valence electrons. The average Bonchev–Trinajstić information content (AvgIpc) is 2.68. The lowest BCUT2D eigenvalue weighted by Gasteiger charge is -2.31. The molecule has 1 aliphatic carbocycles. The van der Waals surface area contributed by atoms with Gasteiger partial charge >= 0.3 is 0 Å². The SMILES string of the molecule is CCN(CC1CCC1)C(=O)c1nn[nH]n1. The van der Waals surface area contributed by atoms with Crippen molar-refractivity contribution in [3.63, 3.8) is 0 Å². The highest BCUT2D eigenvalue weighted by atomic mass is 16.2. The van der Waals surface area contributed by atoms with Gasteiger partial charge in [0.1, 0.15) is 0 Å². The Morgan fingerprint density at radius 3 is 2.87 bits per heavy atom. The minimum absolute atomic E-state index is 0.127. The molecule has 0 unspecified atom stereocenters. The molecule has 6 heteroatoms. The third kappa shape index (κ3) is 2.14. The normalized spacial score (nSPS) is 16.1. The monoisotopic (exact) mass is 209 g/mol. The first-order valence-electron chi connectivity index (χ1n) is 5.34. The fourth-order valence-corrected chi connectivity index (χ4v) is 1.74. The summed E-state index contributed by atoms with van der Waals surface area (Å²) in [4.78, 5) is 13.6. The van der Waals surface area contributed by atoms with E-state index in [-0.39, 0.29) is 11.7 Å². The number of nitrogens with one attached hydrogen (secondary N) is 1. The highest BCUT2D eigenvalue weighted by Gasteiger charge is 2.25. The Morgan fingerprint density at radius 1 is 1.60 bits per heavy atom. The van der Waals surface area contributed by atoms with Crippen molar-refractivity contribution in [2.75, 3.05) is 13.1 Å². The van der Waals surface area contributed by atoms with Gasteiger partial charge in [0.15, 0.2) is 0 Å². The van der Waals surface area contributed by atoms with Crippen LogP contribution in [0.4, 0.5) is 0 Å². The lowest BCUT2D eigenvalue weighted by Crippen LogP contribution is -2.37. The summed E-state index contributed by atoms with van der Waals surface area (Å²) in [5, 5.41) is 13.1. The number of carbonyl (C=O) groups excluding carboxylic acids is 1. The van der Waals surface area contributed by atoms with Gasteiger partial charge in [-0.2, -0.15) is 5.21 Å². The van der Waals surface area contributed by atoms with Crippen molar-refractivity contribution in [1.29, 1.82) is 0 Å². The zero-order valence-corrected chi connectivity index (χ0v) is 8.81. The molecule has 0 bridgehead atoms. The van der Waals surface area contributed by atoms with E-state index in [1.54, 1.807) is 4.90 Å². The van der Waals surface area contributed by atoms with Crippen LogP contribution in [0, 0.1) is 5.92 Å². The Morgan fingerprint density at radius 2 is 2.40 bits per heavy atom. The van der Waals surface area contributed by atoms with Gasteiger partial charge < -0.3 is 4.90 Å². The molecule has 1 aromatic heterocycles. The van der Waals surface area contributed by atoms with E-state index in [1.807, 2.05) is 6.92 Å². The molecule has 1 heterocycles. The van der Waals surface area contributed by atoms with E-state index in [9.17, 15) is 4.79 Å². The highest BCUT2D eigenvalue weighted by molar-refractivity contribution is 5.90. The maximum absolute atomic E-state index is 11.9. The maximum Gasteiger partial charge on any atom is 0.295 e. The molecule has 1 fully saturated rings. The van der Waals surface area contributed by atoms with Crippen LogP contribution in [-0.4, -0.2) is 44.5 Å². The quantitative estimate of drug-likeness (QED) is 0.781. The molecule has 0 aromatic carbocycles. The Kier molecular flexibility index (Phi) is 2.94. The van der Waals surface area contributed by atoms with Gasteiger partial charge in [-0.1, -0.05) is 6.42 Å². The summed E-state index contributed by atoms with van der Waals surface area (Å²) in [6, 6.07) is 0. The minimum Gasteiger partial charge on any atom is -0.336 e. The number of hydrogen-bond donors (Lipinski definition) is 1. The van der Waals surface area contributed by atoms with Gasteiger partial charge in [0.2, 0.25) is 0 Å². The van der Waals surface area contributed by atoms with Crippen LogP contribution in [-0.2, 0) is 0 Å². The maximum atomic E-state index is 11.9. The van der Waals surface area contributed by atoms with Crippen LogP contribution >= 0.6 is 0 Å². The van der Waals surface area contributed by atoms with E-state index in [2.05, 4.69) is 20.6 Å². The summed E-state index contributed by atoms with van der Waals surface area (Å²) >= 11 is 0. The number of hydrogen-bond acceptors (Lipinski definition) is 4. The average molecular weight is 209 g/mol. The van der Waals surface area contributed by atoms with Crippen LogP contribution in [0.1, 0.15) is 36.8 Å². The lowest BCUT2D eigenvalue weighted by molar-refractivity contribution is 0.0694. The summed E-state index contributed by atoms with van der Waals surface area (Å²) in [5.41, 5.74) is 0. The second-order valence-electron chi connectivity index (χ2n) is 3.88. The molecule has 2 rings (SSSR count). The van der Waals surface area contributed by atoms with Crippen molar-refractivity contribution in [3.8, 4) is 0 Å². The lowest BCUT2D eigenvalue weighted by atomic mass is 9.85. The second-order valence-corrected chi connectivity index (χ2v) is 3.88. The van der Waals surface area contributed by atoms with Crippen LogP contribution in [0.2, 0.25) is 0 Å². The van der Waals surface area contributed by atoms with Crippen molar-refractivity contribution < 1.29 is 4.79 Å². The molecule has 1 aliphatic rings. The van der Waals surface area contributed by atoms with Crippen molar-refractivity contribution >= 4 is 5.91 Å². The van der Waals surface area contributed by atoms with Gasteiger partial charge in [0.05, 0.1) is 0 Å². The first-order valence-corrected chi connectivity index (χ1v) is 5.34. The number of rotatable bonds is 4. The largest absolute Gasteiger partial charge is 0.336 e. The van der Waals surface area contributed by atoms with Gasteiger partial charge in [-0.25, -0.2) is 0 Å². The molecule has 0 aliphatic heterocycles. The van der Waals surface area contributed by atoms with E-state index in [0.29, 0.717) is 12.5 Å². The van der Waals surface area contributed by atoms with E-state index in [4.69, 9.17) is 0 Å². The van der Waals surface area contributed by atoms with E-state index < -0.39 is 0 Å². The Hall–Kier alpha value is -1.46. The van der Waals surface area contributed by atoms with Gasteiger partial charge in [-0.15, -0.1) is 10.2 Å². The first kappa shape index (κ1) is 10.1. The number of H-pyrrole nitrogens is 1. The second kappa shape index (κ2) is 4.37. The first-order chi connectivity index (χ1) is 7.31. The van der Waals surface area contributed by atoms with Crippen molar-refractivity contribution in [2.45, 2.75) is 26.2 Å². The van der Waals surface area contributed by atoms with Crippen LogP contribution in [0.3, 0.4) is 0 Å². The standard InChI is InChI=1S/C9H15N5O/c1-2-14(6-7-4-3-5-7)9(15)8-10-12-13-11-8/h7H,2-6H2,1H3,(H,10,11,12,13).